The zero-order chi connectivity index (χ0) is 14.8. The monoisotopic (exact) mass is 369 g/mol. The van der Waals surface area contributed by atoms with Crippen LogP contribution in [0.4, 0.5) is 5.82 Å². The van der Waals surface area contributed by atoms with Crippen molar-refractivity contribution in [1.82, 2.24) is 9.38 Å². The quantitative estimate of drug-likeness (QED) is 0.661. The summed E-state index contributed by atoms with van der Waals surface area (Å²) in [6.45, 7) is 5.75. The Bertz CT molecular complexity index is 583. The van der Waals surface area contributed by atoms with Gasteiger partial charge in [0, 0.05) is 29.5 Å². The molecule has 2 heterocycles. The Balaban J connectivity index is 1.93. The second kappa shape index (κ2) is 6.69. The second-order valence-electron chi connectivity index (χ2n) is 6.39. The minimum atomic E-state index is 0.686. The number of fused-ring (bicyclic) bond motifs is 1. The van der Waals surface area contributed by atoms with Gasteiger partial charge in [-0.2, -0.15) is 0 Å². The van der Waals surface area contributed by atoms with Crippen molar-refractivity contribution in [3.05, 3.63) is 17.3 Å². The summed E-state index contributed by atoms with van der Waals surface area (Å²) in [4.78, 5) is 8.66. The number of nitrogens with zero attached hydrogens (tertiary/aromatic N) is 3. The molecule has 0 bridgehead atoms. The van der Waals surface area contributed by atoms with E-state index in [1.165, 1.54) is 43.6 Å². The molecule has 1 fully saturated rings. The molecule has 0 N–H and O–H groups in total. The Morgan fingerprint density at radius 2 is 2.19 bits per heavy atom. The molecule has 0 aliphatic heterocycles. The van der Waals surface area contributed by atoms with E-state index >= 15 is 0 Å². The molecule has 0 unspecified atom stereocenters. The van der Waals surface area contributed by atoms with Crippen molar-refractivity contribution in [2.75, 3.05) is 11.4 Å². The topological polar surface area (TPSA) is 20.5 Å². The van der Waals surface area contributed by atoms with Crippen molar-refractivity contribution in [3.8, 4) is 0 Å². The van der Waals surface area contributed by atoms with Crippen molar-refractivity contribution in [3.63, 3.8) is 0 Å². The van der Waals surface area contributed by atoms with Crippen molar-refractivity contribution in [2.24, 2.45) is 5.92 Å². The molecule has 1 aliphatic carbocycles. The fourth-order valence-corrected chi connectivity index (χ4v) is 4.50. The maximum Gasteiger partial charge on any atom is 0.195 e. The molecule has 116 valence electrons. The van der Waals surface area contributed by atoms with E-state index in [1.54, 1.807) is 11.3 Å². The molecule has 0 radical (unpaired) electrons. The summed E-state index contributed by atoms with van der Waals surface area (Å²) >= 11 is 5.39. The van der Waals surface area contributed by atoms with E-state index in [0.29, 0.717) is 6.04 Å². The number of rotatable bonds is 6. The Morgan fingerprint density at radius 1 is 1.43 bits per heavy atom. The number of alkyl halides is 1. The van der Waals surface area contributed by atoms with Gasteiger partial charge in [-0.25, -0.2) is 4.98 Å². The average Bonchev–Trinajstić information content (AvgIpc) is 3.14. The molecule has 2 aromatic heterocycles. The number of anilines is 1. The normalized spacial score (nSPS) is 16.4. The van der Waals surface area contributed by atoms with E-state index in [9.17, 15) is 0 Å². The minimum absolute atomic E-state index is 0.686. The van der Waals surface area contributed by atoms with Crippen LogP contribution in [0.25, 0.3) is 4.96 Å². The summed E-state index contributed by atoms with van der Waals surface area (Å²) in [5.74, 6) is 1.95. The van der Waals surface area contributed by atoms with Gasteiger partial charge >= 0.3 is 0 Å². The lowest BCUT2D eigenvalue weighted by atomic mass is 10.1. The molecule has 0 aromatic carbocycles. The highest BCUT2D eigenvalue weighted by Crippen LogP contribution is 2.33. The van der Waals surface area contributed by atoms with Crippen LogP contribution >= 0.6 is 27.3 Å². The molecule has 1 aliphatic rings. The first-order valence-electron chi connectivity index (χ1n) is 7.97. The maximum atomic E-state index is 4.94. The van der Waals surface area contributed by atoms with E-state index in [0.717, 1.165) is 22.8 Å². The third-order valence-corrected chi connectivity index (χ3v) is 5.74. The lowest BCUT2D eigenvalue weighted by molar-refractivity contribution is 0.525. The zero-order valence-corrected chi connectivity index (χ0v) is 15.3. The summed E-state index contributed by atoms with van der Waals surface area (Å²) in [5, 5.41) is 2.98. The van der Waals surface area contributed by atoms with Gasteiger partial charge in [-0.05, 0) is 25.2 Å². The van der Waals surface area contributed by atoms with Crippen molar-refractivity contribution < 1.29 is 0 Å². The number of thiazole rings is 1. The minimum Gasteiger partial charge on any atom is -0.352 e. The molecule has 5 heteroatoms. The Labute approximate surface area is 139 Å². The maximum absolute atomic E-state index is 4.94. The highest BCUT2D eigenvalue weighted by atomic mass is 79.9. The summed E-state index contributed by atoms with van der Waals surface area (Å²) < 4.78 is 2.24. The molecule has 0 amide bonds. The summed E-state index contributed by atoms with van der Waals surface area (Å²) in [6.07, 6.45) is 8.77. The van der Waals surface area contributed by atoms with E-state index < -0.39 is 0 Å². The SMILES string of the molecule is CC(C)CCN(c1nc2sccn2c1CBr)C1CCCC1. The van der Waals surface area contributed by atoms with Crippen LogP contribution in [0.1, 0.15) is 51.6 Å². The Hall–Kier alpha value is -0.550. The molecular formula is C16H24BrN3S. The van der Waals surface area contributed by atoms with Crippen LogP contribution in [0.3, 0.4) is 0 Å². The van der Waals surface area contributed by atoms with Gasteiger partial charge in [0.15, 0.2) is 10.8 Å². The predicted octanol–water partition coefficient (Wildman–Crippen LogP) is 5.09. The van der Waals surface area contributed by atoms with E-state index in [-0.39, 0.29) is 0 Å². The fourth-order valence-electron chi connectivity index (χ4n) is 3.25. The van der Waals surface area contributed by atoms with Gasteiger partial charge in [-0.1, -0.05) is 42.6 Å². The molecule has 0 saturated heterocycles. The fraction of sp³-hybridized carbons (Fsp3) is 0.688. The summed E-state index contributed by atoms with van der Waals surface area (Å²) in [6, 6.07) is 0.686. The third kappa shape index (κ3) is 3.14. The van der Waals surface area contributed by atoms with Crippen molar-refractivity contribution in [1.29, 1.82) is 0 Å². The molecule has 2 aromatic rings. The number of halogens is 1. The van der Waals surface area contributed by atoms with Gasteiger partial charge in [0.05, 0.1) is 5.69 Å². The average molecular weight is 370 g/mol. The number of hydrogen-bond donors (Lipinski definition) is 0. The van der Waals surface area contributed by atoms with E-state index in [1.807, 2.05) is 0 Å². The molecule has 0 spiro atoms. The van der Waals surface area contributed by atoms with Crippen LogP contribution in [0.2, 0.25) is 0 Å². The van der Waals surface area contributed by atoms with Gasteiger partial charge in [0.25, 0.3) is 0 Å². The number of imidazole rings is 1. The smallest absolute Gasteiger partial charge is 0.195 e. The molecule has 0 atom stereocenters. The standard InChI is InChI=1S/C16H24BrN3S/c1-12(2)7-8-19(13-5-3-4-6-13)15-14(11-17)20-9-10-21-16(20)18-15/h9-10,12-13H,3-8,11H2,1-2H3. The van der Waals surface area contributed by atoms with E-state index in [4.69, 9.17) is 4.98 Å². The first-order valence-corrected chi connectivity index (χ1v) is 9.98. The number of aromatic nitrogens is 2. The van der Waals surface area contributed by atoms with Crippen LogP contribution in [0.5, 0.6) is 0 Å². The highest BCUT2D eigenvalue weighted by molar-refractivity contribution is 9.08. The van der Waals surface area contributed by atoms with Gasteiger partial charge < -0.3 is 4.90 Å². The second-order valence-corrected chi connectivity index (χ2v) is 7.82. The molecule has 1 saturated carbocycles. The largest absolute Gasteiger partial charge is 0.352 e. The van der Waals surface area contributed by atoms with Crippen LogP contribution in [-0.4, -0.2) is 22.0 Å². The Morgan fingerprint density at radius 3 is 2.86 bits per heavy atom. The number of hydrogen-bond acceptors (Lipinski definition) is 3. The van der Waals surface area contributed by atoms with Crippen LogP contribution in [0, 0.1) is 5.92 Å². The molecule has 3 nitrogen and oxygen atoms in total. The molecular weight excluding hydrogens is 346 g/mol. The van der Waals surface area contributed by atoms with Gasteiger partial charge in [0.2, 0.25) is 0 Å². The van der Waals surface area contributed by atoms with Gasteiger partial charge in [0.1, 0.15) is 0 Å². The zero-order valence-electron chi connectivity index (χ0n) is 12.9. The van der Waals surface area contributed by atoms with Crippen LogP contribution in [-0.2, 0) is 5.33 Å². The molecule has 3 rings (SSSR count). The van der Waals surface area contributed by atoms with Crippen molar-refractivity contribution in [2.45, 2.75) is 57.3 Å². The highest BCUT2D eigenvalue weighted by Gasteiger charge is 2.27. The summed E-state index contributed by atoms with van der Waals surface area (Å²) in [7, 11) is 0. The summed E-state index contributed by atoms with van der Waals surface area (Å²) in [5.41, 5.74) is 1.31. The third-order valence-electron chi connectivity index (χ3n) is 4.45. The Kier molecular flexibility index (Phi) is 4.89. The molecule has 21 heavy (non-hydrogen) atoms. The van der Waals surface area contributed by atoms with Crippen LogP contribution < -0.4 is 4.90 Å². The van der Waals surface area contributed by atoms with Crippen molar-refractivity contribution >= 4 is 38.0 Å². The van der Waals surface area contributed by atoms with Gasteiger partial charge in [-0.3, -0.25) is 4.40 Å². The van der Waals surface area contributed by atoms with E-state index in [2.05, 4.69) is 50.7 Å². The van der Waals surface area contributed by atoms with Gasteiger partial charge in [-0.15, -0.1) is 11.3 Å². The first-order chi connectivity index (χ1) is 10.2. The first kappa shape index (κ1) is 15.3. The van der Waals surface area contributed by atoms with Crippen LogP contribution in [0.15, 0.2) is 11.6 Å². The lowest BCUT2D eigenvalue weighted by Crippen LogP contribution is -2.35. The lowest BCUT2D eigenvalue weighted by Gasteiger charge is -2.30. The predicted molar refractivity (Wildman–Crippen MR) is 94.8 cm³/mol.